The van der Waals surface area contributed by atoms with E-state index in [0.29, 0.717) is 38.8 Å². The Kier molecular flexibility index (Phi) is 11.0. The molecule has 2 aromatic carbocycles. The number of hydrogen-bond acceptors (Lipinski definition) is 7. The standard InChI is InChI=1S/C32H36NO4S2/c1-5-9-23-17-28(18-24(10-6-2)30(23)36)38-32(13-15-33(16-14-32)21-27(35)22-34)39-29-19-25(11-7-3)31(37)26(20-29)12-8-4/h5-8,17-21,35-37H,1-4,9-16H2. The minimum atomic E-state index is -0.411. The predicted molar refractivity (Wildman–Crippen MR) is 163 cm³/mol. The average molecular weight is 563 g/mol. The van der Waals surface area contributed by atoms with Crippen molar-refractivity contribution in [2.45, 2.75) is 52.4 Å². The number of allylic oxidation sites excluding steroid dienone is 5. The average Bonchev–Trinajstić information content (AvgIpc) is 2.91. The number of rotatable bonds is 14. The lowest BCUT2D eigenvalue weighted by atomic mass is 10.0. The van der Waals surface area contributed by atoms with Gasteiger partial charge in [0.2, 0.25) is 0 Å². The summed E-state index contributed by atoms with van der Waals surface area (Å²) in [5.41, 5.74) is 3.30. The molecule has 7 heteroatoms. The van der Waals surface area contributed by atoms with Crippen molar-refractivity contribution in [1.82, 2.24) is 4.90 Å². The van der Waals surface area contributed by atoms with Gasteiger partial charge in [-0.2, -0.15) is 0 Å². The highest BCUT2D eigenvalue weighted by Crippen LogP contribution is 2.53. The van der Waals surface area contributed by atoms with Crippen molar-refractivity contribution >= 4 is 29.8 Å². The van der Waals surface area contributed by atoms with Crippen LogP contribution in [0.15, 0.2) is 96.6 Å². The third-order valence-corrected chi connectivity index (χ3v) is 9.52. The number of benzene rings is 2. The van der Waals surface area contributed by atoms with E-state index in [9.17, 15) is 20.1 Å². The van der Waals surface area contributed by atoms with E-state index in [1.165, 1.54) is 12.5 Å². The Hall–Kier alpha value is -3.29. The maximum absolute atomic E-state index is 10.8. The van der Waals surface area contributed by atoms with Gasteiger partial charge in [-0.15, -0.1) is 49.8 Å². The molecule has 205 valence electrons. The number of aliphatic hydroxyl groups is 1. The summed E-state index contributed by atoms with van der Waals surface area (Å²) >= 11 is 3.52. The second-order valence-corrected chi connectivity index (χ2v) is 12.6. The molecule has 0 amide bonds. The molecule has 0 spiro atoms. The van der Waals surface area contributed by atoms with Gasteiger partial charge in [-0.25, -0.2) is 0 Å². The first kappa shape index (κ1) is 30.3. The van der Waals surface area contributed by atoms with Crippen LogP contribution in [0.2, 0.25) is 0 Å². The second kappa shape index (κ2) is 14.2. The molecule has 1 radical (unpaired) electrons. The molecule has 3 rings (SSSR count). The number of aromatic hydroxyl groups is 2. The number of aliphatic hydroxyl groups excluding tert-OH is 1. The number of likely N-dealkylation sites (tertiary alicyclic amines) is 1. The summed E-state index contributed by atoms with van der Waals surface area (Å²) in [7, 11) is 0. The zero-order chi connectivity index (χ0) is 28.4. The van der Waals surface area contributed by atoms with Gasteiger partial charge < -0.3 is 20.2 Å². The lowest BCUT2D eigenvalue weighted by Gasteiger charge is -2.41. The van der Waals surface area contributed by atoms with Crippen molar-refractivity contribution in [3.8, 4) is 11.5 Å². The highest BCUT2D eigenvalue weighted by atomic mass is 32.2. The molecule has 39 heavy (non-hydrogen) atoms. The second-order valence-electron chi connectivity index (χ2n) is 9.42. The summed E-state index contributed by atoms with van der Waals surface area (Å²) < 4.78 is -0.285. The fraction of sp³-hybridized carbons (Fsp3) is 0.281. The normalized spacial score (nSPS) is 15.0. The van der Waals surface area contributed by atoms with Gasteiger partial charge >= 0.3 is 0 Å². The van der Waals surface area contributed by atoms with Crippen LogP contribution in [0, 0.1) is 0 Å². The van der Waals surface area contributed by atoms with Crippen LogP contribution in [0.3, 0.4) is 0 Å². The Morgan fingerprint density at radius 1 is 0.795 bits per heavy atom. The minimum Gasteiger partial charge on any atom is -0.507 e. The van der Waals surface area contributed by atoms with Gasteiger partial charge in [-0.1, -0.05) is 24.3 Å². The number of thioether (sulfide) groups is 2. The van der Waals surface area contributed by atoms with Crippen LogP contribution in [0.4, 0.5) is 0 Å². The summed E-state index contributed by atoms with van der Waals surface area (Å²) in [4.78, 5) is 14.9. The summed E-state index contributed by atoms with van der Waals surface area (Å²) in [5.74, 6) is 0.150. The molecule has 1 heterocycles. The topological polar surface area (TPSA) is 81.0 Å². The zero-order valence-electron chi connectivity index (χ0n) is 22.2. The van der Waals surface area contributed by atoms with E-state index < -0.39 is 5.76 Å². The molecule has 0 bridgehead atoms. The van der Waals surface area contributed by atoms with Crippen molar-refractivity contribution in [2.75, 3.05) is 13.1 Å². The molecule has 0 saturated carbocycles. The molecule has 3 N–H and O–H groups in total. The monoisotopic (exact) mass is 562 g/mol. The van der Waals surface area contributed by atoms with Crippen LogP contribution in [-0.2, 0) is 30.5 Å². The van der Waals surface area contributed by atoms with Gasteiger partial charge in [0, 0.05) is 29.1 Å². The van der Waals surface area contributed by atoms with E-state index in [2.05, 4.69) is 26.3 Å². The molecule has 1 fully saturated rings. The van der Waals surface area contributed by atoms with Gasteiger partial charge in [0.1, 0.15) is 11.5 Å². The number of carbonyl (C=O) groups excluding carboxylic acids is 1. The van der Waals surface area contributed by atoms with Crippen molar-refractivity contribution in [2.24, 2.45) is 0 Å². The van der Waals surface area contributed by atoms with Crippen molar-refractivity contribution in [1.29, 1.82) is 0 Å². The van der Waals surface area contributed by atoms with Gasteiger partial charge in [0.15, 0.2) is 5.76 Å². The SMILES string of the molecule is C=CCc1cc(SC2(Sc3cc(CC=C)c(O)c(CC=C)c3)CCN(C=C(O)[C]=O)CC2)cc(CC=C)c1O. The Bertz CT molecular complexity index is 1120. The summed E-state index contributed by atoms with van der Waals surface area (Å²) in [6.07, 6.45) is 13.8. The maximum Gasteiger partial charge on any atom is 0.272 e. The molecule has 2 aromatic rings. The number of phenols is 2. The van der Waals surface area contributed by atoms with Crippen molar-refractivity contribution < 1.29 is 20.1 Å². The van der Waals surface area contributed by atoms with Crippen LogP contribution in [0.1, 0.15) is 35.1 Å². The first-order valence-electron chi connectivity index (χ1n) is 12.8. The van der Waals surface area contributed by atoms with Crippen LogP contribution >= 0.6 is 23.5 Å². The molecule has 0 atom stereocenters. The summed E-state index contributed by atoms with van der Waals surface area (Å²) in [6.45, 7) is 16.7. The number of piperidine rings is 1. The fourth-order valence-electron chi connectivity index (χ4n) is 4.67. The Morgan fingerprint density at radius 2 is 1.15 bits per heavy atom. The fourth-order valence-corrected chi connectivity index (χ4v) is 7.85. The van der Waals surface area contributed by atoms with E-state index in [0.717, 1.165) is 44.9 Å². The van der Waals surface area contributed by atoms with Gasteiger partial charge in [0.05, 0.1) is 4.08 Å². The number of phenolic OH excluding ortho intramolecular Hbond substituents is 2. The zero-order valence-corrected chi connectivity index (χ0v) is 23.8. The molecule has 0 aliphatic carbocycles. The molecular formula is C32H36NO4S2. The van der Waals surface area contributed by atoms with E-state index in [1.54, 1.807) is 47.8 Å². The molecule has 0 aromatic heterocycles. The van der Waals surface area contributed by atoms with Crippen LogP contribution in [0.25, 0.3) is 0 Å². The van der Waals surface area contributed by atoms with Gasteiger partial charge in [-0.05, 0) is 85.0 Å². The molecular weight excluding hydrogens is 526 g/mol. The van der Waals surface area contributed by atoms with E-state index in [4.69, 9.17) is 0 Å². The third-order valence-electron chi connectivity index (χ3n) is 6.52. The van der Waals surface area contributed by atoms with E-state index in [1.807, 2.05) is 29.2 Å². The molecule has 0 unspecified atom stereocenters. The highest BCUT2D eigenvalue weighted by Gasteiger charge is 2.37. The van der Waals surface area contributed by atoms with Gasteiger partial charge in [0.25, 0.3) is 6.29 Å². The van der Waals surface area contributed by atoms with Crippen molar-refractivity contribution in [3.63, 3.8) is 0 Å². The number of nitrogens with zero attached hydrogens (tertiary/aromatic N) is 1. The Morgan fingerprint density at radius 3 is 1.46 bits per heavy atom. The predicted octanol–water partition coefficient (Wildman–Crippen LogP) is 7.20. The van der Waals surface area contributed by atoms with Crippen molar-refractivity contribution in [3.05, 3.63) is 109 Å². The molecule has 5 nitrogen and oxygen atoms in total. The van der Waals surface area contributed by atoms with Crippen LogP contribution in [-0.4, -0.2) is 43.7 Å². The molecule has 1 aliphatic rings. The highest BCUT2D eigenvalue weighted by molar-refractivity contribution is 8.18. The lowest BCUT2D eigenvalue weighted by Crippen LogP contribution is -2.38. The quantitative estimate of drug-likeness (QED) is 0.0972. The summed E-state index contributed by atoms with van der Waals surface area (Å²) in [6, 6.07) is 8.11. The number of hydrogen-bond donors (Lipinski definition) is 3. The molecule has 1 saturated heterocycles. The minimum absolute atomic E-state index is 0.281. The van der Waals surface area contributed by atoms with E-state index >= 15 is 0 Å². The smallest absolute Gasteiger partial charge is 0.272 e. The first-order chi connectivity index (χ1) is 18.8. The first-order valence-corrected chi connectivity index (χ1v) is 14.5. The maximum atomic E-state index is 10.8. The molecule has 1 aliphatic heterocycles. The van der Waals surface area contributed by atoms with Gasteiger partial charge in [-0.3, -0.25) is 4.79 Å². The largest absolute Gasteiger partial charge is 0.507 e. The van der Waals surface area contributed by atoms with E-state index in [-0.39, 0.29) is 15.6 Å². The Balaban J connectivity index is 2.05. The van der Waals surface area contributed by atoms with Crippen LogP contribution < -0.4 is 0 Å². The van der Waals surface area contributed by atoms with Crippen LogP contribution in [0.5, 0.6) is 11.5 Å². The Labute approximate surface area is 240 Å². The third kappa shape index (κ3) is 7.87. The lowest BCUT2D eigenvalue weighted by molar-refractivity contribution is 0.290. The summed E-state index contributed by atoms with van der Waals surface area (Å²) in [5, 5.41) is 31.3.